The third-order valence-corrected chi connectivity index (χ3v) is 2.52. The van der Waals surface area contributed by atoms with Gasteiger partial charge in [-0.1, -0.05) is 18.2 Å². The van der Waals surface area contributed by atoms with E-state index in [-0.39, 0.29) is 5.75 Å². The van der Waals surface area contributed by atoms with E-state index in [0.717, 1.165) is 16.8 Å². The van der Waals surface area contributed by atoms with E-state index in [9.17, 15) is 5.11 Å². The molecule has 2 rings (SSSR count). The van der Waals surface area contributed by atoms with Gasteiger partial charge in [0.2, 0.25) is 0 Å². The van der Waals surface area contributed by atoms with Crippen LogP contribution in [0, 0.1) is 0 Å². The molecule has 3 nitrogen and oxygen atoms in total. The predicted molar refractivity (Wildman–Crippen MR) is 68.3 cm³/mol. The Kier molecular flexibility index (Phi) is 3.50. The molecule has 3 heteroatoms. The third-order valence-electron chi connectivity index (χ3n) is 2.52. The summed E-state index contributed by atoms with van der Waals surface area (Å²) < 4.78 is 0. The minimum Gasteiger partial charge on any atom is -0.507 e. The number of phenolic OH excluding ortho intramolecular Hbond substituents is 1. The van der Waals surface area contributed by atoms with Crippen molar-refractivity contribution in [1.82, 2.24) is 4.98 Å². The molecule has 1 aromatic carbocycles. The summed E-state index contributed by atoms with van der Waals surface area (Å²) in [6, 6.07) is 11.1. The minimum absolute atomic E-state index is 0.264. The van der Waals surface area contributed by atoms with Gasteiger partial charge in [0.15, 0.2) is 0 Å². The summed E-state index contributed by atoms with van der Waals surface area (Å²) in [5.74, 6) is 0.264. The second-order valence-corrected chi connectivity index (χ2v) is 3.78. The van der Waals surface area contributed by atoms with E-state index in [4.69, 9.17) is 0 Å². The highest BCUT2D eigenvalue weighted by Gasteiger charge is 2.02. The van der Waals surface area contributed by atoms with E-state index in [1.165, 1.54) is 0 Å². The maximum Gasteiger partial charge on any atom is 0.124 e. The lowest BCUT2D eigenvalue weighted by Crippen LogP contribution is -1.96. The minimum atomic E-state index is 0.264. The van der Waals surface area contributed by atoms with Crippen molar-refractivity contribution in [3.8, 4) is 5.75 Å². The highest BCUT2D eigenvalue weighted by Crippen LogP contribution is 2.16. The molecule has 0 saturated carbocycles. The smallest absolute Gasteiger partial charge is 0.124 e. The van der Waals surface area contributed by atoms with Crippen molar-refractivity contribution in [2.24, 2.45) is 4.99 Å². The highest BCUT2D eigenvalue weighted by atomic mass is 16.3. The van der Waals surface area contributed by atoms with Crippen LogP contribution < -0.4 is 0 Å². The molecule has 0 atom stereocenters. The molecule has 0 fully saturated rings. The van der Waals surface area contributed by atoms with Crippen molar-refractivity contribution >= 4 is 5.71 Å². The first-order valence-electron chi connectivity index (χ1n) is 5.45. The molecule has 2 aromatic rings. The van der Waals surface area contributed by atoms with E-state index >= 15 is 0 Å². The van der Waals surface area contributed by atoms with Crippen LogP contribution in [-0.2, 0) is 6.54 Å². The maximum absolute atomic E-state index is 9.68. The van der Waals surface area contributed by atoms with Crippen molar-refractivity contribution in [2.75, 3.05) is 0 Å². The van der Waals surface area contributed by atoms with Crippen LogP contribution in [0.5, 0.6) is 5.75 Å². The van der Waals surface area contributed by atoms with Crippen LogP contribution in [0.15, 0.2) is 53.8 Å². The molecule has 1 heterocycles. The number of pyridine rings is 1. The lowest BCUT2D eigenvalue weighted by Gasteiger charge is -2.03. The fraction of sp³-hybridized carbons (Fsp3) is 0.143. The molecule has 0 amide bonds. The van der Waals surface area contributed by atoms with E-state index in [1.54, 1.807) is 24.5 Å². The number of hydrogen-bond acceptors (Lipinski definition) is 3. The van der Waals surface area contributed by atoms with Gasteiger partial charge in [0.25, 0.3) is 0 Å². The van der Waals surface area contributed by atoms with Crippen molar-refractivity contribution in [2.45, 2.75) is 13.5 Å². The zero-order chi connectivity index (χ0) is 12.1. The third kappa shape index (κ3) is 2.91. The number of aromatic nitrogens is 1. The normalized spacial score (nSPS) is 11.5. The van der Waals surface area contributed by atoms with Crippen LogP contribution in [0.1, 0.15) is 18.1 Å². The molecular weight excluding hydrogens is 212 g/mol. The van der Waals surface area contributed by atoms with Crippen molar-refractivity contribution < 1.29 is 5.11 Å². The summed E-state index contributed by atoms with van der Waals surface area (Å²) in [5.41, 5.74) is 2.66. The van der Waals surface area contributed by atoms with Crippen LogP contribution in [-0.4, -0.2) is 15.8 Å². The number of phenols is 1. The number of aromatic hydroxyl groups is 1. The molecule has 0 saturated heterocycles. The SMILES string of the molecule is CC(=NCc1cccnc1)c1ccccc1O. The molecule has 0 aliphatic heterocycles. The average molecular weight is 226 g/mol. The van der Waals surface area contributed by atoms with Crippen LogP contribution in [0.4, 0.5) is 0 Å². The van der Waals surface area contributed by atoms with Crippen molar-refractivity contribution in [3.05, 3.63) is 59.9 Å². The molecule has 1 N–H and O–H groups in total. The first-order chi connectivity index (χ1) is 8.27. The maximum atomic E-state index is 9.68. The monoisotopic (exact) mass is 226 g/mol. The molecule has 86 valence electrons. The average Bonchev–Trinajstić information content (AvgIpc) is 2.38. The van der Waals surface area contributed by atoms with Gasteiger partial charge in [-0.2, -0.15) is 0 Å². The summed E-state index contributed by atoms with van der Waals surface area (Å²) in [7, 11) is 0. The Morgan fingerprint density at radius 3 is 2.76 bits per heavy atom. The molecule has 0 aliphatic rings. The predicted octanol–water partition coefficient (Wildman–Crippen LogP) is 2.80. The summed E-state index contributed by atoms with van der Waals surface area (Å²) in [6.07, 6.45) is 3.53. The molecule has 17 heavy (non-hydrogen) atoms. The Balaban J connectivity index is 2.16. The zero-order valence-electron chi connectivity index (χ0n) is 9.67. The van der Waals surface area contributed by atoms with Crippen LogP contribution in [0.2, 0.25) is 0 Å². The van der Waals surface area contributed by atoms with Gasteiger partial charge in [0.1, 0.15) is 5.75 Å². The van der Waals surface area contributed by atoms with E-state index in [0.29, 0.717) is 6.54 Å². The first-order valence-corrected chi connectivity index (χ1v) is 5.45. The van der Waals surface area contributed by atoms with E-state index < -0.39 is 0 Å². The number of rotatable bonds is 3. The van der Waals surface area contributed by atoms with Gasteiger partial charge in [0.05, 0.1) is 6.54 Å². The molecule has 0 spiro atoms. The lowest BCUT2D eigenvalue weighted by atomic mass is 10.1. The highest BCUT2D eigenvalue weighted by molar-refractivity contribution is 6.00. The Hall–Kier alpha value is -2.16. The fourth-order valence-electron chi connectivity index (χ4n) is 1.57. The van der Waals surface area contributed by atoms with Crippen LogP contribution in [0.25, 0.3) is 0 Å². The molecule has 0 bridgehead atoms. The van der Waals surface area contributed by atoms with Gasteiger partial charge >= 0.3 is 0 Å². The number of para-hydroxylation sites is 1. The molecule has 1 aromatic heterocycles. The number of nitrogens with zero attached hydrogens (tertiary/aromatic N) is 2. The molecule has 0 aliphatic carbocycles. The zero-order valence-corrected chi connectivity index (χ0v) is 9.67. The van der Waals surface area contributed by atoms with Crippen LogP contribution in [0.3, 0.4) is 0 Å². The topological polar surface area (TPSA) is 45.5 Å². The number of aliphatic imine (C=N–C) groups is 1. The standard InChI is InChI=1S/C14H14N2O/c1-11(13-6-2-3-7-14(13)17)16-10-12-5-4-8-15-9-12/h2-9,17H,10H2,1H3. The van der Waals surface area contributed by atoms with Gasteiger partial charge in [-0.15, -0.1) is 0 Å². The molecule has 0 unspecified atom stereocenters. The fourth-order valence-corrected chi connectivity index (χ4v) is 1.57. The summed E-state index contributed by atoms with van der Waals surface area (Å²) in [5, 5.41) is 9.68. The van der Waals surface area contributed by atoms with Crippen molar-refractivity contribution in [1.29, 1.82) is 0 Å². The Bertz CT molecular complexity index is 521. The number of hydrogen-bond donors (Lipinski definition) is 1. The molecule has 0 radical (unpaired) electrons. The summed E-state index contributed by atoms with van der Waals surface area (Å²) in [6.45, 7) is 2.47. The lowest BCUT2D eigenvalue weighted by molar-refractivity contribution is 0.474. The van der Waals surface area contributed by atoms with E-state index in [1.807, 2.05) is 31.2 Å². The molecular formula is C14H14N2O. The Labute approximate surface area is 100 Å². The summed E-state index contributed by atoms with van der Waals surface area (Å²) >= 11 is 0. The van der Waals surface area contributed by atoms with Gasteiger partial charge < -0.3 is 5.11 Å². The second-order valence-electron chi connectivity index (χ2n) is 3.78. The van der Waals surface area contributed by atoms with Gasteiger partial charge in [-0.25, -0.2) is 0 Å². The van der Waals surface area contributed by atoms with Crippen molar-refractivity contribution in [3.63, 3.8) is 0 Å². The van der Waals surface area contributed by atoms with E-state index in [2.05, 4.69) is 9.98 Å². The summed E-state index contributed by atoms with van der Waals surface area (Å²) in [4.78, 5) is 8.48. The largest absolute Gasteiger partial charge is 0.507 e. The van der Waals surface area contributed by atoms with Crippen LogP contribution >= 0.6 is 0 Å². The quantitative estimate of drug-likeness (QED) is 0.818. The second kappa shape index (κ2) is 5.25. The number of benzene rings is 1. The Morgan fingerprint density at radius 2 is 2.06 bits per heavy atom. The van der Waals surface area contributed by atoms with Gasteiger partial charge in [-0.05, 0) is 30.7 Å². The Morgan fingerprint density at radius 1 is 1.24 bits per heavy atom. The van der Waals surface area contributed by atoms with Gasteiger partial charge in [-0.3, -0.25) is 9.98 Å². The first kappa shape index (κ1) is 11.3. The van der Waals surface area contributed by atoms with Gasteiger partial charge in [0, 0.05) is 23.7 Å².